The van der Waals surface area contributed by atoms with Crippen molar-refractivity contribution in [2.24, 2.45) is 11.3 Å². The van der Waals surface area contributed by atoms with Gasteiger partial charge in [0.25, 0.3) is 0 Å². The van der Waals surface area contributed by atoms with Crippen LogP contribution < -0.4 is 11.3 Å². The topological polar surface area (TPSA) is 64.3 Å². The Balaban J connectivity index is 0.00000121. The van der Waals surface area contributed by atoms with E-state index in [2.05, 4.69) is 5.43 Å². The van der Waals surface area contributed by atoms with E-state index in [1.165, 1.54) is 0 Å². The van der Waals surface area contributed by atoms with Crippen molar-refractivity contribution in [1.82, 2.24) is 5.43 Å². The standard InChI is InChI=1S/C7H14N2O2.ClH/c1-11-5-4-7(2-3-7)6(10)9-8;/h2-5,8H2,1H3,(H,9,10);1H. The highest BCUT2D eigenvalue weighted by molar-refractivity contribution is 5.85. The molecule has 0 radical (unpaired) electrons. The molecule has 1 aliphatic carbocycles. The number of hydrogen-bond donors (Lipinski definition) is 2. The van der Waals surface area contributed by atoms with E-state index in [1.54, 1.807) is 7.11 Å². The Morgan fingerprint density at radius 1 is 1.67 bits per heavy atom. The van der Waals surface area contributed by atoms with Gasteiger partial charge in [0.05, 0.1) is 5.41 Å². The van der Waals surface area contributed by atoms with E-state index in [1.807, 2.05) is 0 Å². The van der Waals surface area contributed by atoms with Crippen molar-refractivity contribution >= 4 is 18.3 Å². The van der Waals surface area contributed by atoms with Crippen molar-refractivity contribution in [1.29, 1.82) is 0 Å². The maximum Gasteiger partial charge on any atom is 0.240 e. The number of ether oxygens (including phenoxy) is 1. The molecule has 0 saturated heterocycles. The molecule has 0 aromatic heterocycles. The van der Waals surface area contributed by atoms with Gasteiger partial charge in [0.2, 0.25) is 5.91 Å². The molecule has 4 nitrogen and oxygen atoms in total. The van der Waals surface area contributed by atoms with Crippen LogP contribution in [-0.2, 0) is 9.53 Å². The zero-order valence-electron chi connectivity index (χ0n) is 7.13. The molecule has 0 unspecified atom stereocenters. The van der Waals surface area contributed by atoms with Crippen LogP contribution in [-0.4, -0.2) is 19.6 Å². The smallest absolute Gasteiger partial charge is 0.240 e. The molecule has 5 heteroatoms. The number of rotatable bonds is 4. The maximum atomic E-state index is 11.1. The zero-order chi connectivity index (χ0) is 8.32. The molecule has 0 aliphatic heterocycles. The third-order valence-corrected chi connectivity index (χ3v) is 2.25. The van der Waals surface area contributed by atoms with Crippen LogP contribution in [0.1, 0.15) is 19.3 Å². The van der Waals surface area contributed by atoms with E-state index in [-0.39, 0.29) is 23.7 Å². The van der Waals surface area contributed by atoms with Gasteiger partial charge in [0.1, 0.15) is 0 Å². The molecule has 0 aromatic carbocycles. The summed E-state index contributed by atoms with van der Waals surface area (Å²) in [7, 11) is 1.64. The third kappa shape index (κ3) is 2.33. The fourth-order valence-electron chi connectivity index (χ4n) is 1.19. The monoisotopic (exact) mass is 194 g/mol. The molecule has 0 aromatic rings. The van der Waals surface area contributed by atoms with Crippen LogP contribution in [0, 0.1) is 5.41 Å². The summed E-state index contributed by atoms with van der Waals surface area (Å²) >= 11 is 0. The van der Waals surface area contributed by atoms with Gasteiger partial charge < -0.3 is 4.74 Å². The minimum absolute atomic E-state index is 0. The first-order valence-corrected chi connectivity index (χ1v) is 3.75. The van der Waals surface area contributed by atoms with Crippen LogP contribution in [0.2, 0.25) is 0 Å². The molecule has 0 atom stereocenters. The lowest BCUT2D eigenvalue weighted by Gasteiger charge is -2.11. The first-order valence-electron chi connectivity index (χ1n) is 3.75. The largest absolute Gasteiger partial charge is 0.385 e. The Labute approximate surface area is 78.2 Å². The van der Waals surface area contributed by atoms with Crippen molar-refractivity contribution in [2.45, 2.75) is 19.3 Å². The molecule has 3 N–H and O–H groups in total. The predicted octanol–water partition coefficient (Wildman–Crippen LogP) is 0.215. The molecule has 1 fully saturated rings. The molecule has 1 aliphatic rings. The summed E-state index contributed by atoms with van der Waals surface area (Å²) in [5, 5.41) is 0. The maximum absolute atomic E-state index is 11.1. The highest BCUT2D eigenvalue weighted by atomic mass is 35.5. The number of nitrogens with two attached hydrogens (primary N) is 1. The number of methoxy groups -OCH3 is 1. The fourth-order valence-corrected chi connectivity index (χ4v) is 1.19. The van der Waals surface area contributed by atoms with Crippen LogP contribution >= 0.6 is 12.4 Å². The average Bonchev–Trinajstić information content (AvgIpc) is 2.80. The van der Waals surface area contributed by atoms with Crippen molar-refractivity contribution < 1.29 is 9.53 Å². The summed E-state index contributed by atoms with van der Waals surface area (Å²) in [6.45, 7) is 0.632. The Bertz CT molecular complexity index is 159. The van der Waals surface area contributed by atoms with Gasteiger partial charge in [-0.1, -0.05) is 0 Å². The molecule has 0 bridgehead atoms. The normalized spacial score (nSPS) is 17.8. The second kappa shape index (κ2) is 4.64. The van der Waals surface area contributed by atoms with Crippen molar-refractivity contribution in [3.05, 3.63) is 0 Å². The second-order valence-corrected chi connectivity index (χ2v) is 3.00. The first-order chi connectivity index (χ1) is 5.25. The zero-order valence-corrected chi connectivity index (χ0v) is 7.95. The van der Waals surface area contributed by atoms with Crippen LogP contribution in [0.15, 0.2) is 0 Å². The van der Waals surface area contributed by atoms with Gasteiger partial charge in [-0.3, -0.25) is 10.2 Å². The minimum atomic E-state index is -0.190. The summed E-state index contributed by atoms with van der Waals surface area (Å²) in [5.74, 6) is 4.98. The summed E-state index contributed by atoms with van der Waals surface area (Å²) in [6.07, 6.45) is 2.67. The van der Waals surface area contributed by atoms with Crippen LogP contribution in [0.5, 0.6) is 0 Å². The van der Waals surface area contributed by atoms with Crippen LogP contribution in [0.25, 0.3) is 0 Å². The van der Waals surface area contributed by atoms with Gasteiger partial charge in [-0.2, -0.15) is 0 Å². The van der Waals surface area contributed by atoms with Gasteiger partial charge in [0.15, 0.2) is 0 Å². The number of amides is 1. The number of carbonyl (C=O) groups is 1. The van der Waals surface area contributed by atoms with Gasteiger partial charge in [-0.25, -0.2) is 5.84 Å². The summed E-state index contributed by atoms with van der Waals surface area (Å²) in [6, 6.07) is 0. The van der Waals surface area contributed by atoms with Crippen molar-refractivity contribution in [2.75, 3.05) is 13.7 Å². The lowest BCUT2D eigenvalue weighted by Crippen LogP contribution is -2.37. The first kappa shape index (κ1) is 11.7. The number of hydrazine groups is 1. The molecule has 1 saturated carbocycles. The molecule has 0 heterocycles. The van der Waals surface area contributed by atoms with E-state index >= 15 is 0 Å². The Hall–Kier alpha value is -0.320. The van der Waals surface area contributed by atoms with Gasteiger partial charge in [-0.15, -0.1) is 12.4 Å². The molecular weight excluding hydrogens is 180 g/mol. The Morgan fingerprint density at radius 2 is 2.25 bits per heavy atom. The fraction of sp³-hybridized carbons (Fsp3) is 0.857. The average molecular weight is 195 g/mol. The summed E-state index contributed by atoms with van der Waals surface area (Å²) in [5.41, 5.74) is 1.99. The predicted molar refractivity (Wildman–Crippen MR) is 47.7 cm³/mol. The van der Waals surface area contributed by atoms with Crippen molar-refractivity contribution in [3.63, 3.8) is 0 Å². The molecule has 72 valence electrons. The van der Waals surface area contributed by atoms with Crippen LogP contribution in [0.3, 0.4) is 0 Å². The van der Waals surface area contributed by atoms with E-state index in [0.29, 0.717) is 6.61 Å². The third-order valence-electron chi connectivity index (χ3n) is 2.25. The molecule has 1 rings (SSSR count). The SMILES string of the molecule is COCCC1(C(=O)NN)CC1.Cl. The van der Waals surface area contributed by atoms with Gasteiger partial charge >= 0.3 is 0 Å². The minimum Gasteiger partial charge on any atom is -0.385 e. The van der Waals surface area contributed by atoms with Gasteiger partial charge in [-0.05, 0) is 19.3 Å². The summed E-state index contributed by atoms with van der Waals surface area (Å²) < 4.78 is 4.89. The number of nitrogens with one attached hydrogen (secondary N) is 1. The lowest BCUT2D eigenvalue weighted by molar-refractivity contribution is -0.127. The number of carbonyl (C=O) groups excluding carboxylic acids is 1. The summed E-state index contributed by atoms with van der Waals surface area (Å²) in [4.78, 5) is 11.1. The highest BCUT2D eigenvalue weighted by Crippen LogP contribution is 2.48. The molecule has 1 amide bonds. The lowest BCUT2D eigenvalue weighted by atomic mass is 10.0. The van der Waals surface area contributed by atoms with Crippen LogP contribution in [0.4, 0.5) is 0 Å². The number of hydrogen-bond acceptors (Lipinski definition) is 3. The second-order valence-electron chi connectivity index (χ2n) is 3.00. The van der Waals surface area contributed by atoms with Gasteiger partial charge in [0, 0.05) is 13.7 Å². The Morgan fingerprint density at radius 3 is 2.58 bits per heavy atom. The molecular formula is C7H15ClN2O2. The van der Waals surface area contributed by atoms with E-state index < -0.39 is 0 Å². The highest BCUT2D eigenvalue weighted by Gasteiger charge is 2.48. The van der Waals surface area contributed by atoms with Crippen molar-refractivity contribution in [3.8, 4) is 0 Å². The number of halogens is 1. The van der Waals surface area contributed by atoms with E-state index in [9.17, 15) is 4.79 Å². The molecule has 0 spiro atoms. The molecule has 12 heavy (non-hydrogen) atoms. The Kier molecular flexibility index (Phi) is 4.52. The van der Waals surface area contributed by atoms with E-state index in [0.717, 1.165) is 19.3 Å². The van der Waals surface area contributed by atoms with E-state index in [4.69, 9.17) is 10.6 Å². The quantitative estimate of drug-likeness (QED) is 0.382.